The van der Waals surface area contributed by atoms with Gasteiger partial charge in [0.2, 0.25) is 0 Å². The van der Waals surface area contributed by atoms with Gasteiger partial charge in [0.1, 0.15) is 12.0 Å². The molecule has 6 nitrogen and oxygen atoms in total. The molecule has 1 unspecified atom stereocenters. The minimum Gasteiger partial charge on any atom is -0.494 e. The van der Waals surface area contributed by atoms with Gasteiger partial charge in [-0.15, -0.1) is 11.3 Å². The predicted molar refractivity (Wildman–Crippen MR) is 177 cm³/mol. The molecule has 3 heterocycles. The average Bonchev–Trinajstić information content (AvgIpc) is 3.48. The van der Waals surface area contributed by atoms with Crippen LogP contribution in [0.4, 0.5) is 5.69 Å². The molecule has 1 atom stereocenters. The first-order valence-corrected chi connectivity index (χ1v) is 16.6. The molecule has 1 N–H and O–H groups in total. The van der Waals surface area contributed by atoms with E-state index in [0.29, 0.717) is 6.61 Å². The van der Waals surface area contributed by atoms with E-state index in [1.807, 2.05) is 35.6 Å². The zero-order valence-corrected chi connectivity index (χ0v) is 26.4. The summed E-state index contributed by atoms with van der Waals surface area (Å²) < 4.78 is 9.06. The lowest BCUT2D eigenvalue weighted by Gasteiger charge is -2.36. The molecule has 7 heteroatoms. The van der Waals surface area contributed by atoms with Crippen LogP contribution in [0.2, 0.25) is 0 Å². The van der Waals surface area contributed by atoms with Crippen molar-refractivity contribution in [3.63, 3.8) is 0 Å². The summed E-state index contributed by atoms with van der Waals surface area (Å²) in [5.74, 6) is 0.742. The lowest BCUT2D eigenvalue weighted by molar-refractivity contribution is -0.0167. The van der Waals surface area contributed by atoms with Gasteiger partial charge in [0.05, 0.1) is 12.1 Å². The van der Waals surface area contributed by atoms with Crippen LogP contribution in [-0.2, 0) is 0 Å². The van der Waals surface area contributed by atoms with Crippen molar-refractivity contribution < 1.29 is 9.84 Å². The third kappa shape index (κ3) is 7.19. The number of ether oxygens (including phenoxy) is 1. The number of benzene rings is 2. The number of anilines is 1. The third-order valence-electron chi connectivity index (χ3n) is 8.85. The molecular weight excluding hydrogens is 542 g/mol. The minimum absolute atomic E-state index is 0.180. The number of hydrogen-bond acceptors (Lipinski definition) is 6. The number of hydrogen-bond donors (Lipinski definition) is 1. The number of nitrogens with zero attached hydrogens (tertiary/aromatic N) is 3. The van der Waals surface area contributed by atoms with Gasteiger partial charge >= 0.3 is 0 Å². The summed E-state index contributed by atoms with van der Waals surface area (Å²) in [6.07, 6.45) is 6.61. The van der Waals surface area contributed by atoms with E-state index >= 15 is 0 Å². The van der Waals surface area contributed by atoms with Gasteiger partial charge in [-0.1, -0.05) is 52.5 Å². The molecule has 2 aromatic carbocycles. The van der Waals surface area contributed by atoms with E-state index in [0.717, 1.165) is 81.5 Å². The highest BCUT2D eigenvalue weighted by atomic mass is 32.1. The maximum Gasteiger partial charge on any atom is 0.253 e. The Balaban J connectivity index is 1.12. The Labute approximate surface area is 254 Å². The summed E-state index contributed by atoms with van der Waals surface area (Å²) in [5, 5.41) is 15.9. The number of aliphatic hydroxyl groups is 1. The Morgan fingerprint density at radius 2 is 1.76 bits per heavy atom. The molecule has 1 saturated heterocycles. The van der Waals surface area contributed by atoms with E-state index in [1.54, 1.807) is 10.6 Å². The maximum atomic E-state index is 13.0. The molecule has 0 spiro atoms. The fraction of sp³-hybridized carbons (Fsp3) is 0.514. The van der Waals surface area contributed by atoms with Crippen LogP contribution in [0.15, 0.2) is 64.8 Å². The Bertz CT molecular complexity index is 1500. The molecule has 4 aromatic rings. The Morgan fingerprint density at radius 1 is 0.952 bits per heavy atom. The van der Waals surface area contributed by atoms with Crippen LogP contribution >= 0.6 is 11.3 Å². The van der Waals surface area contributed by atoms with Crippen LogP contribution in [0.25, 0.3) is 21.0 Å². The van der Waals surface area contributed by atoms with Crippen molar-refractivity contribution in [2.24, 2.45) is 5.41 Å². The van der Waals surface area contributed by atoms with E-state index in [2.05, 4.69) is 60.2 Å². The first kappa shape index (κ1) is 30.6. The summed E-state index contributed by atoms with van der Waals surface area (Å²) >= 11 is 1.81. The number of pyridine rings is 1. The van der Waals surface area contributed by atoms with Gasteiger partial charge in [0.25, 0.3) is 5.56 Å². The molecule has 2 aromatic heterocycles. The summed E-state index contributed by atoms with van der Waals surface area (Å²) in [6, 6.07) is 18.1. The Morgan fingerprint density at radius 3 is 2.57 bits per heavy atom. The molecule has 226 valence electrons. The number of piperazine rings is 1. The van der Waals surface area contributed by atoms with Gasteiger partial charge in [-0.05, 0) is 73.0 Å². The number of rotatable bonds is 14. The number of fused-ring (bicyclic) bond motifs is 2. The van der Waals surface area contributed by atoms with Gasteiger partial charge in [-0.3, -0.25) is 14.3 Å². The molecule has 0 saturated carbocycles. The van der Waals surface area contributed by atoms with Crippen molar-refractivity contribution in [2.75, 3.05) is 44.2 Å². The van der Waals surface area contributed by atoms with Crippen molar-refractivity contribution in [1.82, 2.24) is 9.47 Å². The highest BCUT2D eigenvalue weighted by Gasteiger charge is 2.30. The highest BCUT2D eigenvalue weighted by Crippen LogP contribution is 2.36. The second-order valence-corrected chi connectivity index (χ2v) is 13.4. The van der Waals surface area contributed by atoms with E-state index in [9.17, 15) is 9.90 Å². The molecule has 0 aliphatic carbocycles. The molecule has 0 radical (unpaired) electrons. The summed E-state index contributed by atoms with van der Waals surface area (Å²) in [4.78, 5) is 18.0. The molecular formula is C35H47N3O3S. The van der Waals surface area contributed by atoms with Crippen molar-refractivity contribution >= 4 is 38.0 Å². The normalized spacial score (nSPS) is 15.5. The molecule has 5 rings (SSSR count). The summed E-state index contributed by atoms with van der Waals surface area (Å²) in [6.45, 7) is 12.3. The number of aromatic nitrogens is 1. The fourth-order valence-electron chi connectivity index (χ4n) is 6.15. The van der Waals surface area contributed by atoms with Gasteiger partial charge in [0.15, 0.2) is 0 Å². The predicted octanol–water partition coefficient (Wildman–Crippen LogP) is 7.68. The lowest BCUT2D eigenvalue weighted by atomic mass is 9.84. The molecule has 0 amide bonds. The van der Waals surface area contributed by atoms with Crippen LogP contribution < -0.4 is 15.2 Å². The quantitative estimate of drug-likeness (QED) is 0.153. The van der Waals surface area contributed by atoms with Crippen LogP contribution in [0, 0.1) is 5.41 Å². The van der Waals surface area contributed by atoms with Gasteiger partial charge in [-0.25, -0.2) is 0 Å². The monoisotopic (exact) mass is 589 g/mol. The zero-order valence-electron chi connectivity index (χ0n) is 25.6. The molecule has 1 aliphatic heterocycles. The van der Waals surface area contributed by atoms with E-state index < -0.39 is 11.6 Å². The number of aliphatic hydroxyl groups excluding tert-OH is 1. The number of thiophene rings is 1. The van der Waals surface area contributed by atoms with Crippen molar-refractivity contribution in [3.8, 4) is 5.75 Å². The van der Waals surface area contributed by atoms with Gasteiger partial charge in [0, 0.05) is 59.5 Å². The standard InChI is InChI=1S/C35H47N3O3S/c1-4-5-6-7-18-35(2,3)34(40)38-31-26-28(15-13-27(31)14-16-33(38)39)41-24-9-8-19-36-20-22-37(23-21-36)30-11-10-12-32-29(30)17-25-42-32/h10-17,25-26,34,40H,4-9,18-24H2,1-3H3. The second-order valence-electron chi connectivity index (χ2n) is 12.4. The second kappa shape index (κ2) is 14.1. The van der Waals surface area contributed by atoms with Gasteiger partial charge in [-0.2, -0.15) is 0 Å². The fourth-order valence-corrected chi connectivity index (χ4v) is 6.96. The lowest BCUT2D eigenvalue weighted by Crippen LogP contribution is -2.46. The van der Waals surface area contributed by atoms with Crippen LogP contribution in [0.5, 0.6) is 5.75 Å². The molecule has 1 aliphatic rings. The van der Waals surface area contributed by atoms with Gasteiger partial charge < -0.3 is 14.7 Å². The smallest absolute Gasteiger partial charge is 0.253 e. The molecule has 1 fully saturated rings. The van der Waals surface area contributed by atoms with Crippen molar-refractivity contribution in [2.45, 2.75) is 71.9 Å². The van der Waals surface area contributed by atoms with Crippen molar-refractivity contribution in [1.29, 1.82) is 0 Å². The maximum absolute atomic E-state index is 13.0. The van der Waals surface area contributed by atoms with Crippen molar-refractivity contribution in [3.05, 3.63) is 70.3 Å². The largest absolute Gasteiger partial charge is 0.494 e. The first-order chi connectivity index (χ1) is 20.4. The number of unbranched alkanes of at least 4 members (excludes halogenated alkanes) is 4. The van der Waals surface area contributed by atoms with E-state index in [4.69, 9.17) is 4.74 Å². The third-order valence-corrected chi connectivity index (χ3v) is 9.73. The zero-order chi connectivity index (χ0) is 29.5. The minimum atomic E-state index is -0.899. The summed E-state index contributed by atoms with van der Waals surface area (Å²) in [5.41, 5.74) is 1.50. The topological polar surface area (TPSA) is 57.9 Å². The SMILES string of the molecule is CCCCCCC(C)(C)C(O)n1c(=O)ccc2ccc(OCCCCN3CCN(c4cccc5sccc45)CC3)cc21. The highest BCUT2D eigenvalue weighted by molar-refractivity contribution is 7.17. The molecule has 42 heavy (non-hydrogen) atoms. The average molecular weight is 590 g/mol. The van der Waals surface area contributed by atoms with E-state index in [1.165, 1.54) is 28.6 Å². The van der Waals surface area contributed by atoms with Crippen LogP contribution in [0.1, 0.15) is 71.9 Å². The summed E-state index contributed by atoms with van der Waals surface area (Å²) in [7, 11) is 0. The first-order valence-electron chi connectivity index (χ1n) is 15.8. The Hall–Kier alpha value is -2.87. The van der Waals surface area contributed by atoms with E-state index in [-0.39, 0.29) is 5.56 Å². The molecule has 0 bridgehead atoms. The van der Waals surface area contributed by atoms with Crippen LogP contribution in [-0.4, -0.2) is 53.9 Å². The van der Waals surface area contributed by atoms with Crippen LogP contribution in [0.3, 0.4) is 0 Å². The Kier molecular flexibility index (Phi) is 10.2.